The van der Waals surface area contributed by atoms with Gasteiger partial charge in [-0.25, -0.2) is 9.78 Å². The van der Waals surface area contributed by atoms with Crippen molar-refractivity contribution in [3.63, 3.8) is 0 Å². The number of ether oxygens (including phenoxy) is 2. The quantitative estimate of drug-likeness (QED) is 0.695. The Balaban J connectivity index is 1.29. The molecule has 2 saturated heterocycles. The molecule has 31 heavy (non-hydrogen) atoms. The highest BCUT2D eigenvalue weighted by molar-refractivity contribution is 5.98. The van der Waals surface area contributed by atoms with Gasteiger partial charge in [0.05, 0.1) is 25.1 Å². The first-order valence-corrected chi connectivity index (χ1v) is 10.9. The lowest BCUT2D eigenvalue weighted by Crippen LogP contribution is -2.51. The molecule has 1 saturated carbocycles. The fourth-order valence-corrected chi connectivity index (χ4v) is 4.57. The number of carbonyl (C=O) groups excluding carboxylic acids is 1. The largest absolute Gasteiger partial charge is 0.441 e. The number of rotatable bonds is 4. The van der Waals surface area contributed by atoms with Crippen LogP contribution < -0.4 is 4.90 Å². The van der Waals surface area contributed by atoms with Gasteiger partial charge in [-0.05, 0) is 30.4 Å². The average molecular weight is 422 g/mol. The molecule has 0 unspecified atom stereocenters. The molecule has 6 rings (SSSR count). The molecule has 9 nitrogen and oxygen atoms in total. The molecule has 1 aliphatic carbocycles. The number of aryl methyl sites for hydroxylation is 1. The van der Waals surface area contributed by atoms with Crippen molar-refractivity contribution < 1.29 is 14.3 Å². The fourth-order valence-electron chi connectivity index (χ4n) is 4.57. The van der Waals surface area contributed by atoms with E-state index in [1.165, 1.54) is 29.5 Å². The van der Waals surface area contributed by atoms with Crippen LogP contribution in [-0.2, 0) is 16.5 Å². The van der Waals surface area contributed by atoms with Crippen molar-refractivity contribution in [2.75, 3.05) is 44.3 Å². The van der Waals surface area contributed by atoms with Gasteiger partial charge in [-0.15, -0.1) is 0 Å². The van der Waals surface area contributed by atoms with E-state index >= 15 is 0 Å². The number of nitrogens with one attached hydrogen (secondary N) is 1. The molecular weight excluding hydrogens is 396 g/mol. The minimum atomic E-state index is -0.230. The van der Waals surface area contributed by atoms with E-state index < -0.39 is 0 Å². The number of carbonyl (C=O) groups is 1. The molecule has 162 valence electrons. The molecule has 0 radical (unpaired) electrons. The molecule has 1 N–H and O–H groups in total. The van der Waals surface area contributed by atoms with Crippen LogP contribution in [0.3, 0.4) is 0 Å². The Morgan fingerprint density at radius 3 is 2.68 bits per heavy atom. The van der Waals surface area contributed by atoms with Crippen LogP contribution in [0, 0.1) is 0 Å². The van der Waals surface area contributed by atoms with Crippen molar-refractivity contribution in [1.29, 1.82) is 0 Å². The number of fused-ring (bicyclic) bond motifs is 1. The Labute approximate surface area is 179 Å². The van der Waals surface area contributed by atoms with Crippen molar-refractivity contribution in [1.82, 2.24) is 24.6 Å². The summed E-state index contributed by atoms with van der Waals surface area (Å²) in [7, 11) is 1.94. The summed E-state index contributed by atoms with van der Waals surface area (Å²) in [5, 5.41) is 5.57. The first kappa shape index (κ1) is 18.7. The number of piperazine rings is 1. The van der Waals surface area contributed by atoms with E-state index in [1.807, 2.05) is 30.3 Å². The van der Waals surface area contributed by atoms with Gasteiger partial charge in [0.1, 0.15) is 5.65 Å². The zero-order valence-corrected chi connectivity index (χ0v) is 17.6. The van der Waals surface area contributed by atoms with Gasteiger partial charge in [-0.3, -0.25) is 4.68 Å². The fraction of sp³-hybridized carbons (Fsp3) is 0.500. The van der Waals surface area contributed by atoms with E-state index in [9.17, 15) is 4.79 Å². The summed E-state index contributed by atoms with van der Waals surface area (Å²) in [6.07, 6.45) is 7.93. The zero-order chi connectivity index (χ0) is 20.9. The van der Waals surface area contributed by atoms with Crippen molar-refractivity contribution >= 4 is 22.8 Å². The normalized spacial score (nSPS) is 19.6. The number of aromatic amines is 1. The third-order valence-electron chi connectivity index (χ3n) is 6.44. The van der Waals surface area contributed by atoms with E-state index in [-0.39, 0.29) is 12.2 Å². The smallest absolute Gasteiger partial charge is 0.410 e. The first-order valence-electron chi connectivity index (χ1n) is 10.9. The molecule has 0 atom stereocenters. The van der Waals surface area contributed by atoms with E-state index in [4.69, 9.17) is 9.47 Å². The second kappa shape index (κ2) is 7.26. The predicted molar refractivity (Wildman–Crippen MR) is 115 cm³/mol. The summed E-state index contributed by atoms with van der Waals surface area (Å²) in [6, 6.07) is 2.11. The van der Waals surface area contributed by atoms with Gasteiger partial charge in [-0.2, -0.15) is 5.10 Å². The van der Waals surface area contributed by atoms with E-state index in [0.29, 0.717) is 32.2 Å². The molecule has 3 fully saturated rings. The Morgan fingerprint density at radius 1 is 1.23 bits per heavy atom. The molecule has 3 aromatic rings. The molecule has 0 spiro atoms. The van der Waals surface area contributed by atoms with Gasteiger partial charge in [0, 0.05) is 62.3 Å². The van der Waals surface area contributed by atoms with E-state index in [2.05, 4.69) is 26.0 Å². The van der Waals surface area contributed by atoms with Crippen LogP contribution in [0.4, 0.5) is 10.5 Å². The SMILES string of the molecule is Cn1cc(-c2[nH]c3nccc(N4CCN(C(=O)OC5COC5)CC4)c3c2C2CC2)cn1. The van der Waals surface area contributed by atoms with Gasteiger partial charge in [0.15, 0.2) is 6.10 Å². The lowest BCUT2D eigenvalue weighted by Gasteiger charge is -2.37. The molecule has 0 aromatic carbocycles. The Kier molecular flexibility index (Phi) is 4.38. The highest BCUT2D eigenvalue weighted by Gasteiger charge is 2.34. The van der Waals surface area contributed by atoms with Crippen molar-refractivity contribution in [3.8, 4) is 11.3 Å². The van der Waals surface area contributed by atoms with Crippen LogP contribution in [0.15, 0.2) is 24.7 Å². The number of hydrogen-bond donors (Lipinski definition) is 1. The van der Waals surface area contributed by atoms with Crippen molar-refractivity contribution in [2.45, 2.75) is 24.9 Å². The van der Waals surface area contributed by atoms with Crippen LogP contribution >= 0.6 is 0 Å². The minimum absolute atomic E-state index is 0.0859. The Bertz CT molecular complexity index is 1120. The second-order valence-electron chi connectivity index (χ2n) is 8.66. The maximum absolute atomic E-state index is 12.4. The molecule has 1 amide bonds. The highest BCUT2D eigenvalue weighted by Crippen LogP contribution is 2.49. The summed E-state index contributed by atoms with van der Waals surface area (Å²) in [5.74, 6) is 0.563. The lowest BCUT2D eigenvalue weighted by molar-refractivity contribution is -0.104. The third-order valence-corrected chi connectivity index (χ3v) is 6.44. The maximum Gasteiger partial charge on any atom is 0.410 e. The molecule has 2 aliphatic heterocycles. The Hall–Kier alpha value is -3.07. The monoisotopic (exact) mass is 422 g/mol. The number of aromatic nitrogens is 4. The van der Waals surface area contributed by atoms with E-state index in [0.717, 1.165) is 30.0 Å². The van der Waals surface area contributed by atoms with Gasteiger partial charge in [-0.1, -0.05) is 0 Å². The molecule has 3 aliphatic rings. The first-order chi connectivity index (χ1) is 15.2. The number of amides is 1. The number of anilines is 1. The number of H-pyrrole nitrogens is 1. The summed E-state index contributed by atoms with van der Waals surface area (Å²) in [5.41, 5.74) is 5.71. The third kappa shape index (κ3) is 3.33. The standard InChI is InChI=1S/C22H26N6O3/c1-26-11-15(10-24-26)20-18(14-2-3-14)19-17(4-5-23-21(19)25-20)27-6-8-28(9-7-27)22(29)31-16-12-30-13-16/h4-5,10-11,14,16H,2-3,6-9,12-13H2,1H3,(H,23,25). The predicted octanol–water partition coefficient (Wildman–Crippen LogP) is 2.50. The molecule has 0 bridgehead atoms. The topological polar surface area (TPSA) is 88.5 Å². The summed E-state index contributed by atoms with van der Waals surface area (Å²) in [6.45, 7) is 3.86. The van der Waals surface area contributed by atoms with Gasteiger partial charge in [0.2, 0.25) is 0 Å². The second-order valence-corrected chi connectivity index (χ2v) is 8.66. The van der Waals surface area contributed by atoms with Crippen molar-refractivity contribution in [2.24, 2.45) is 7.05 Å². The summed E-state index contributed by atoms with van der Waals surface area (Å²) >= 11 is 0. The summed E-state index contributed by atoms with van der Waals surface area (Å²) < 4.78 is 12.4. The molecule has 3 aromatic heterocycles. The molecule has 5 heterocycles. The summed E-state index contributed by atoms with van der Waals surface area (Å²) in [4.78, 5) is 24.8. The van der Waals surface area contributed by atoms with Crippen LogP contribution in [-0.4, -0.2) is 76.2 Å². The highest BCUT2D eigenvalue weighted by atomic mass is 16.6. The van der Waals surface area contributed by atoms with Gasteiger partial charge in [0.25, 0.3) is 0 Å². The van der Waals surface area contributed by atoms with Crippen LogP contribution in [0.5, 0.6) is 0 Å². The lowest BCUT2D eigenvalue weighted by atomic mass is 10.0. The van der Waals surface area contributed by atoms with Gasteiger partial charge >= 0.3 is 6.09 Å². The minimum Gasteiger partial charge on any atom is -0.441 e. The molecule has 9 heteroatoms. The van der Waals surface area contributed by atoms with E-state index in [1.54, 1.807) is 4.90 Å². The average Bonchev–Trinajstić information content (AvgIpc) is 3.38. The number of nitrogens with zero attached hydrogens (tertiary/aromatic N) is 5. The maximum atomic E-state index is 12.4. The van der Waals surface area contributed by atoms with Crippen LogP contribution in [0.2, 0.25) is 0 Å². The number of pyridine rings is 1. The van der Waals surface area contributed by atoms with Gasteiger partial charge < -0.3 is 24.3 Å². The zero-order valence-electron chi connectivity index (χ0n) is 17.6. The number of hydrogen-bond acceptors (Lipinski definition) is 6. The molecular formula is C22H26N6O3. The van der Waals surface area contributed by atoms with Crippen molar-refractivity contribution in [3.05, 3.63) is 30.2 Å². The van der Waals surface area contributed by atoms with Crippen LogP contribution in [0.25, 0.3) is 22.3 Å². The van der Waals surface area contributed by atoms with Crippen LogP contribution in [0.1, 0.15) is 24.3 Å². The Morgan fingerprint density at radius 2 is 2.03 bits per heavy atom.